The summed E-state index contributed by atoms with van der Waals surface area (Å²) in [4.78, 5) is 11.8. The number of hydrogen-bond acceptors (Lipinski definition) is 2. The number of hydrogen-bond donors (Lipinski definition) is 2. The van der Waals surface area contributed by atoms with Crippen molar-refractivity contribution in [2.75, 3.05) is 11.9 Å². The summed E-state index contributed by atoms with van der Waals surface area (Å²) in [5, 5.41) is 6.05. The predicted molar refractivity (Wildman–Crippen MR) is 91.9 cm³/mol. The molecule has 0 atom stereocenters. The average molecular weight is 296 g/mol. The van der Waals surface area contributed by atoms with Crippen LogP contribution in [0.3, 0.4) is 0 Å². The Labute approximate surface area is 132 Å². The number of benzene rings is 2. The van der Waals surface area contributed by atoms with Crippen molar-refractivity contribution >= 4 is 11.6 Å². The lowest BCUT2D eigenvalue weighted by Crippen LogP contribution is -2.29. The highest BCUT2D eigenvalue weighted by Gasteiger charge is 2.12. The van der Waals surface area contributed by atoms with Gasteiger partial charge in [0.1, 0.15) is 0 Å². The van der Waals surface area contributed by atoms with E-state index in [1.807, 2.05) is 42.5 Å². The Morgan fingerprint density at radius 3 is 2.18 bits per heavy atom. The van der Waals surface area contributed by atoms with E-state index in [0.717, 1.165) is 11.3 Å². The zero-order valence-electron chi connectivity index (χ0n) is 13.5. The van der Waals surface area contributed by atoms with Gasteiger partial charge in [-0.15, -0.1) is 0 Å². The van der Waals surface area contributed by atoms with Gasteiger partial charge in [-0.25, -0.2) is 0 Å². The maximum atomic E-state index is 11.8. The molecule has 0 bridgehead atoms. The highest BCUT2D eigenvalue weighted by atomic mass is 16.1. The largest absolute Gasteiger partial charge is 0.376 e. The van der Waals surface area contributed by atoms with Gasteiger partial charge in [-0.1, -0.05) is 63.2 Å². The Morgan fingerprint density at radius 2 is 1.59 bits per heavy atom. The van der Waals surface area contributed by atoms with Crippen molar-refractivity contribution in [3.63, 3.8) is 0 Å². The number of rotatable bonds is 5. The Bertz CT molecular complexity index is 598. The number of nitrogens with one attached hydrogen (secondary N) is 2. The van der Waals surface area contributed by atoms with E-state index in [0.29, 0.717) is 6.54 Å². The van der Waals surface area contributed by atoms with Gasteiger partial charge in [-0.2, -0.15) is 0 Å². The lowest BCUT2D eigenvalue weighted by atomic mass is 9.87. The molecule has 0 saturated heterocycles. The van der Waals surface area contributed by atoms with Crippen LogP contribution in [0.4, 0.5) is 5.69 Å². The number of carbonyl (C=O) groups is 1. The maximum absolute atomic E-state index is 11.8. The fourth-order valence-corrected chi connectivity index (χ4v) is 2.13. The lowest BCUT2D eigenvalue weighted by molar-refractivity contribution is -0.119. The topological polar surface area (TPSA) is 41.1 Å². The van der Waals surface area contributed by atoms with Gasteiger partial charge in [-0.3, -0.25) is 4.79 Å². The first kappa shape index (κ1) is 16.1. The van der Waals surface area contributed by atoms with Crippen LogP contribution in [0, 0.1) is 0 Å². The van der Waals surface area contributed by atoms with Crippen molar-refractivity contribution in [3.8, 4) is 0 Å². The van der Waals surface area contributed by atoms with E-state index in [1.54, 1.807) is 0 Å². The van der Waals surface area contributed by atoms with Crippen LogP contribution >= 0.6 is 0 Å². The smallest absolute Gasteiger partial charge is 0.239 e. The number of carbonyl (C=O) groups excluding carboxylic acids is 1. The monoisotopic (exact) mass is 296 g/mol. The quantitative estimate of drug-likeness (QED) is 0.883. The molecule has 22 heavy (non-hydrogen) atoms. The van der Waals surface area contributed by atoms with Gasteiger partial charge in [-0.05, 0) is 28.7 Å². The average Bonchev–Trinajstić information content (AvgIpc) is 2.51. The molecule has 0 aliphatic heterocycles. The third-order valence-corrected chi connectivity index (χ3v) is 3.54. The summed E-state index contributed by atoms with van der Waals surface area (Å²) in [7, 11) is 0. The lowest BCUT2D eigenvalue weighted by Gasteiger charge is -2.19. The standard InChI is InChI=1S/C19H24N2O/c1-19(2,3)16-9-11-17(12-10-16)20-14-18(22)21-13-15-7-5-4-6-8-15/h4-12,20H,13-14H2,1-3H3,(H,21,22). The van der Waals surface area contributed by atoms with Gasteiger partial charge in [0.15, 0.2) is 0 Å². The molecule has 0 fully saturated rings. The zero-order chi connectivity index (χ0) is 16.0. The highest BCUT2D eigenvalue weighted by molar-refractivity contribution is 5.80. The minimum Gasteiger partial charge on any atom is -0.376 e. The fourth-order valence-electron chi connectivity index (χ4n) is 2.13. The Balaban J connectivity index is 1.79. The molecule has 0 unspecified atom stereocenters. The molecule has 0 heterocycles. The molecule has 0 aliphatic rings. The third kappa shape index (κ3) is 4.92. The molecule has 0 radical (unpaired) electrons. The second kappa shape index (κ2) is 7.12. The van der Waals surface area contributed by atoms with Crippen LogP contribution in [-0.4, -0.2) is 12.5 Å². The molecule has 2 aromatic carbocycles. The second-order valence-corrected chi connectivity index (χ2v) is 6.44. The van der Waals surface area contributed by atoms with E-state index in [9.17, 15) is 4.79 Å². The molecule has 2 N–H and O–H groups in total. The summed E-state index contributed by atoms with van der Waals surface area (Å²) < 4.78 is 0. The molecule has 2 aromatic rings. The van der Waals surface area contributed by atoms with Crippen molar-refractivity contribution in [2.24, 2.45) is 0 Å². The maximum Gasteiger partial charge on any atom is 0.239 e. The molecule has 3 heteroatoms. The summed E-state index contributed by atoms with van der Waals surface area (Å²) in [6, 6.07) is 18.1. The van der Waals surface area contributed by atoms with Crippen LogP contribution in [-0.2, 0) is 16.8 Å². The van der Waals surface area contributed by atoms with Crippen molar-refractivity contribution in [3.05, 3.63) is 65.7 Å². The highest BCUT2D eigenvalue weighted by Crippen LogP contribution is 2.23. The van der Waals surface area contributed by atoms with Gasteiger partial charge in [0.05, 0.1) is 6.54 Å². The van der Waals surface area contributed by atoms with Crippen LogP contribution in [0.2, 0.25) is 0 Å². The van der Waals surface area contributed by atoms with Crippen LogP contribution in [0.5, 0.6) is 0 Å². The SMILES string of the molecule is CC(C)(C)c1ccc(NCC(=O)NCc2ccccc2)cc1. The molecular formula is C19H24N2O. The van der Waals surface area contributed by atoms with Gasteiger partial charge < -0.3 is 10.6 Å². The normalized spacial score (nSPS) is 11.0. The molecule has 2 rings (SSSR count). The fraction of sp³-hybridized carbons (Fsp3) is 0.316. The summed E-state index contributed by atoms with van der Waals surface area (Å²) in [5.41, 5.74) is 3.49. The molecule has 116 valence electrons. The molecular weight excluding hydrogens is 272 g/mol. The second-order valence-electron chi connectivity index (χ2n) is 6.44. The summed E-state index contributed by atoms with van der Waals surface area (Å²) in [6.45, 7) is 7.40. The first-order valence-electron chi connectivity index (χ1n) is 7.60. The van der Waals surface area contributed by atoms with Gasteiger partial charge in [0.25, 0.3) is 0 Å². The summed E-state index contributed by atoms with van der Waals surface area (Å²) >= 11 is 0. The summed E-state index contributed by atoms with van der Waals surface area (Å²) in [6.07, 6.45) is 0. The van der Waals surface area contributed by atoms with Gasteiger partial charge >= 0.3 is 0 Å². The van der Waals surface area contributed by atoms with E-state index in [4.69, 9.17) is 0 Å². The van der Waals surface area contributed by atoms with E-state index in [1.165, 1.54) is 5.56 Å². The van der Waals surface area contributed by atoms with Crippen LogP contribution in [0.25, 0.3) is 0 Å². The third-order valence-electron chi connectivity index (χ3n) is 3.54. The van der Waals surface area contributed by atoms with Crippen molar-refractivity contribution in [2.45, 2.75) is 32.7 Å². The van der Waals surface area contributed by atoms with Crippen LogP contribution in [0.15, 0.2) is 54.6 Å². The molecule has 0 spiro atoms. The number of anilines is 1. The van der Waals surface area contributed by atoms with Crippen LogP contribution in [0.1, 0.15) is 31.9 Å². The van der Waals surface area contributed by atoms with Gasteiger partial charge in [0.2, 0.25) is 5.91 Å². The van der Waals surface area contributed by atoms with Gasteiger partial charge in [0, 0.05) is 12.2 Å². The van der Waals surface area contributed by atoms with E-state index >= 15 is 0 Å². The minimum absolute atomic E-state index is 0.0104. The first-order valence-corrected chi connectivity index (χ1v) is 7.60. The Kier molecular flexibility index (Phi) is 5.21. The van der Waals surface area contributed by atoms with E-state index in [2.05, 4.69) is 43.5 Å². The van der Waals surface area contributed by atoms with Crippen molar-refractivity contribution in [1.82, 2.24) is 5.32 Å². The Morgan fingerprint density at radius 1 is 0.955 bits per heavy atom. The zero-order valence-corrected chi connectivity index (χ0v) is 13.5. The minimum atomic E-state index is -0.0104. The first-order chi connectivity index (χ1) is 10.4. The molecule has 0 saturated carbocycles. The van der Waals surface area contributed by atoms with Crippen LogP contribution < -0.4 is 10.6 Å². The van der Waals surface area contributed by atoms with E-state index < -0.39 is 0 Å². The molecule has 1 amide bonds. The summed E-state index contributed by atoms with van der Waals surface area (Å²) in [5.74, 6) is -0.0104. The van der Waals surface area contributed by atoms with Crippen molar-refractivity contribution in [1.29, 1.82) is 0 Å². The predicted octanol–water partition coefficient (Wildman–Crippen LogP) is 3.71. The van der Waals surface area contributed by atoms with Crippen molar-refractivity contribution < 1.29 is 4.79 Å². The molecule has 0 aromatic heterocycles. The molecule has 0 aliphatic carbocycles. The van der Waals surface area contributed by atoms with E-state index in [-0.39, 0.29) is 17.9 Å². The Hall–Kier alpha value is -2.29. The number of amides is 1. The molecule has 3 nitrogen and oxygen atoms in total.